The van der Waals surface area contributed by atoms with Crippen molar-refractivity contribution in [3.8, 4) is 45.0 Å². The lowest BCUT2D eigenvalue weighted by atomic mass is 10.1. The number of fused-ring (bicyclic) bond motifs is 12. The molecule has 0 N–H and O–H groups in total. The van der Waals surface area contributed by atoms with Crippen LogP contribution in [0.3, 0.4) is 0 Å². The van der Waals surface area contributed by atoms with Crippen LogP contribution in [0.1, 0.15) is 22.3 Å². The van der Waals surface area contributed by atoms with Crippen LogP contribution in [-0.4, -0.2) is 29.9 Å². The van der Waals surface area contributed by atoms with Gasteiger partial charge in [-0.1, -0.05) is 96.1 Å². The number of aromatic nitrogens is 6. The van der Waals surface area contributed by atoms with Crippen LogP contribution in [-0.2, 0) is 0 Å². The van der Waals surface area contributed by atoms with E-state index in [2.05, 4.69) is 155 Å². The van der Waals surface area contributed by atoms with Crippen molar-refractivity contribution in [1.29, 1.82) is 0 Å². The van der Waals surface area contributed by atoms with E-state index in [9.17, 15) is 0 Å². The molecule has 0 aliphatic rings. The quantitative estimate of drug-likeness (QED) is 0.168. The van der Waals surface area contributed by atoms with Gasteiger partial charge in [0.1, 0.15) is 33.5 Å². The SMILES string of the molecule is Cc1cccc(-c2cc3oc4ccccc4c3cn2)c1.Cc1cccc(-c2cc3oc4ncccc4c3cn2)c1.Cc1ccnc(-c2ccc3c(c2)oc2ccccc23)c1.Cc1ccnc(-c2ccc3c(c2)oc2ncccc23)c1. The van der Waals surface area contributed by atoms with Crippen LogP contribution >= 0.6 is 0 Å². The number of hydrogen-bond acceptors (Lipinski definition) is 10. The molecular weight excluding hydrogens is 989 g/mol. The van der Waals surface area contributed by atoms with Gasteiger partial charge < -0.3 is 17.7 Å². The minimum Gasteiger partial charge on any atom is -0.456 e. The van der Waals surface area contributed by atoms with Gasteiger partial charge in [0.15, 0.2) is 0 Å². The third kappa shape index (κ3) is 9.89. The first-order valence-electron chi connectivity index (χ1n) is 26.3. The first-order chi connectivity index (χ1) is 39.2. The van der Waals surface area contributed by atoms with Crippen molar-refractivity contribution in [1.82, 2.24) is 29.9 Å². The first-order valence-corrected chi connectivity index (χ1v) is 26.3. The molecule has 10 aromatic heterocycles. The maximum absolute atomic E-state index is 5.92. The van der Waals surface area contributed by atoms with Gasteiger partial charge >= 0.3 is 0 Å². The molecule has 0 spiro atoms. The predicted molar refractivity (Wildman–Crippen MR) is 322 cm³/mol. The molecule has 0 radical (unpaired) electrons. The molecule has 80 heavy (non-hydrogen) atoms. The molecule has 0 saturated carbocycles. The van der Waals surface area contributed by atoms with E-state index in [-0.39, 0.29) is 0 Å². The highest BCUT2D eigenvalue weighted by Gasteiger charge is 2.13. The Hall–Kier alpha value is -10.6. The van der Waals surface area contributed by atoms with Gasteiger partial charge in [0.05, 0.1) is 22.8 Å². The van der Waals surface area contributed by atoms with Crippen molar-refractivity contribution in [2.45, 2.75) is 27.7 Å². The fourth-order valence-corrected chi connectivity index (χ4v) is 10.1. The van der Waals surface area contributed by atoms with Crippen LogP contribution in [0.2, 0.25) is 0 Å². The van der Waals surface area contributed by atoms with E-state index in [1.54, 1.807) is 12.4 Å². The maximum Gasteiger partial charge on any atom is 0.227 e. The van der Waals surface area contributed by atoms with Gasteiger partial charge in [0, 0.05) is 115 Å². The Balaban J connectivity index is 0.000000101. The Morgan fingerprint density at radius 3 is 1.15 bits per heavy atom. The third-order valence-electron chi connectivity index (χ3n) is 14.1. The molecule has 16 rings (SSSR count). The number of hydrogen-bond donors (Lipinski definition) is 0. The molecule has 0 atom stereocenters. The van der Waals surface area contributed by atoms with Gasteiger partial charge in [-0.05, 0) is 136 Å². The largest absolute Gasteiger partial charge is 0.456 e. The number of furan rings is 4. The summed E-state index contributed by atoms with van der Waals surface area (Å²) in [6, 6.07) is 65.3. The van der Waals surface area contributed by atoms with Crippen LogP contribution in [0.4, 0.5) is 0 Å². The van der Waals surface area contributed by atoms with Crippen molar-refractivity contribution in [2.24, 2.45) is 0 Å². The molecule has 10 heterocycles. The number of pyridine rings is 6. The monoisotopic (exact) mass is 1040 g/mol. The van der Waals surface area contributed by atoms with E-state index in [0.29, 0.717) is 11.4 Å². The number of rotatable bonds is 4. The molecule has 0 fully saturated rings. The lowest BCUT2D eigenvalue weighted by Gasteiger charge is -2.01. The topological polar surface area (TPSA) is 130 Å². The summed E-state index contributed by atoms with van der Waals surface area (Å²) in [7, 11) is 0. The second-order valence-corrected chi connectivity index (χ2v) is 19.8. The Morgan fingerprint density at radius 2 is 0.625 bits per heavy atom. The van der Waals surface area contributed by atoms with Crippen LogP contribution < -0.4 is 0 Å². The highest BCUT2D eigenvalue weighted by Crippen LogP contribution is 2.35. The zero-order valence-electron chi connectivity index (χ0n) is 44.3. The molecule has 0 aliphatic heterocycles. The predicted octanol–water partition coefficient (Wildman–Crippen LogP) is 18.6. The summed E-state index contributed by atoms with van der Waals surface area (Å²) in [6.07, 6.45) is 10.9. The zero-order chi connectivity index (χ0) is 54.1. The minimum absolute atomic E-state index is 0.658. The van der Waals surface area contributed by atoms with Gasteiger partial charge in [-0.25, -0.2) is 9.97 Å². The Labute approximate surface area is 459 Å². The van der Waals surface area contributed by atoms with E-state index in [4.69, 9.17) is 17.7 Å². The zero-order valence-corrected chi connectivity index (χ0v) is 44.3. The summed E-state index contributed by atoms with van der Waals surface area (Å²) in [5.41, 5.74) is 19.6. The molecule has 6 aromatic carbocycles. The van der Waals surface area contributed by atoms with Gasteiger partial charge in [-0.3, -0.25) is 19.9 Å². The Morgan fingerprint density at radius 1 is 0.237 bits per heavy atom. The number of benzene rings is 6. The highest BCUT2D eigenvalue weighted by molar-refractivity contribution is 6.07. The average Bonchev–Trinajstić information content (AvgIpc) is 4.31. The molecule has 0 saturated heterocycles. The molecular formula is C70H50N6O4. The summed E-state index contributed by atoms with van der Waals surface area (Å²) in [5, 5.41) is 8.64. The average molecular weight is 1040 g/mol. The van der Waals surface area contributed by atoms with Crippen LogP contribution in [0.15, 0.2) is 249 Å². The van der Waals surface area contributed by atoms with Crippen LogP contribution in [0, 0.1) is 27.7 Å². The number of aryl methyl sites for hydroxylation is 4. The van der Waals surface area contributed by atoms with Crippen LogP contribution in [0.25, 0.3) is 133 Å². The molecule has 16 aromatic rings. The summed E-state index contributed by atoms with van der Waals surface area (Å²) in [4.78, 5) is 26.5. The summed E-state index contributed by atoms with van der Waals surface area (Å²) in [6.45, 7) is 8.30. The van der Waals surface area contributed by atoms with Crippen molar-refractivity contribution in [2.75, 3.05) is 0 Å². The Kier molecular flexibility index (Phi) is 12.9. The standard InChI is InChI=1S/2C18H13NO.2C17H12N2O/c1-12-5-4-6-13(9-12)16-10-18-15(11-19-16)14-7-2-3-8-17(14)20-18;1-12-8-9-19-16(10-12)13-6-7-15-14-4-2-3-5-17(14)20-18(15)11-13;1-11-4-2-5-12(8-11)15-9-16-14(10-19-15)13-6-3-7-18-17(13)20-16;1-11-6-8-18-15(9-11)12-4-5-13-14-3-2-7-19-17(14)20-16(13)10-12/h2*2-11H,1H3;2*2-10H,1H3. The molecule has 10 heteroatoms. The van der Waals surface area contributed by atoms with Crippen LogP contribution in [0.5, 0.6) is 0 Å². The molecule has 0 bridgehead atoms. The second kappa shape index (κ2) is 21.1. The molecule has 0 unspecified atom stereocenters. The third-order valence-corrected chi connectivity index (χ3v) is 14.1. The fourth-order valence-electron chi connectivity index (χ4n) is 10.1. The lowest BCUT2D eigenvalue weighted by Crippen LogP contribution is -1.83. The van der Waals surface area contributed by atoms with E-state index in [1.807, 2.05) is 122 Å². The van der Waals surface area contributed by atoms with E-state index in [0.717, 1.165) is 122 Å². The fraction of sp³-hybridized carbons (Fsp3) is 0.0571. The molecule has 384 valence electrons. The van der Waals surface area contributed by atoms with Gasteiger partial charge in [0.2, 0.25) is 11.4 Å². The number of para-hydroxylation sites is 2. The summed E-state index contributed by atoms with van der Waals surface area (Å²) in [5.74, 6) is 0. The van der Waals surface area contributed by atoms with E-state index < -0.39 is 0 Å². The minimum atomic E-state index is 0.658. The molecule has 0 amide bonds. The Bertz CT molecular complexity index is 4310. The number of nitrogens with zero attached hydrogens (tertiary/aromatic N) is 6. The maximum atomic E-state index is 5.92. The van der Waals surface area contributed by atoms with Crippen molar-refractivity contribution >= 4 is 88.0 Å². The van der Waals surface area contributed by atoms with Gasteiger partial charge in [-0.15, -0.1) is 0 Å². The summed E-state index contributed by atoms with van der Waals surface area (Å²) >= 11 is 0. The summed E-state index contributed by atoms with van der Waals surface area (Å²) < 4.78 is 23.4. The van der Waals surface area contributed by atoms with E-state index in [1.165, 1.54) is 22.3 Å². The normalized spacial score (nSPS) is 11.2. The first kappa shape index (κ1) is 49.0. The second-order valence-electron chi connectivity index (χ2n) is 19.8. The van der Waals surface area contributed by atoms with Crippen molar-refractivity contribution < 1.29 is 17.7 Å². The van der Waals surface area contributed by atoms with E-state index >= 15 is 0 Å². The van der Waals surface area contributed by atoms with Gasteiger partial charge in [-0.2, -0.15) is 0 Å². The van der Waals surface area contributed by atoms with Crippen molar-refractivity contribution in [3.63, 3.8) is 0 Å². The molecule has 0 aliphatic carbocycles. The smallest absolute Gasteiger partial charge is 0.227 e. The molecule has 10 nitrogen and oxygen atoms in total. The van der Waals surface area contributed by atoms with Gasteiger partial charge in [0.25, 0.3) is 0 Å². The lowest BCUT2D eigenvalue weighted by molar-refractivity contribution is 0.653. The highest BCUT2D eigenvalue weighted by atomic mass is 16.3. The van der Waals surface area contributed by atoms with Crippen molar-refractivity contribution in [3.05, 3.63) is 254 Å².